The van der Waals surface area contributed by atoms with E-state index in [1.165, 1.54) is 6.42 Å². The lowest BCUT2D eigenvalue weighted by Gasteiger charge is -2.14. The molecule has 0 amide bonds. The molecule has 0 bridgehead atoms. The molecule has 0 heterocycles. The minimum Gasteiger partial charge on any atom is -0.198 e. The highest BCUT2D eigenvalue weighted by atomic mass is 32.2. The largest absolute Gasteiger partial charge is 0.198 e. The van der Waals surface area contributed by atoms with Crippen LogP contribution in [0.2, 0.25) is 0 Å². The molecule has 0 rings (SSSR count). The summed E-state index contributed by atoms with van der Waals surface area (Å²) < 4.78 is 0. The molecule has 2 heteroatoms. The van der Waals surface area contributed by atoms with Crippen molar-refractivity contribution in [2.24, 2.45) is 0 Å². The lowest BCUT2D eigenvalue weighted by molar-refractivity contribution is 0.820. The zero-order valence-corrected chi connectivity index (χ0v) is 8.45. The fraction of sp³-hybridized carbons (Fsp3) is 0.889. The first-order valence-electron chi connectivity index (χ1n) is 4.26. The summed E-state index contributed by atoms with van der Waals surface area (Å²) in [5.41, 5.74) is 0. The maximum Gasteiger partial charge on any atom is 0.0633 e. The fourth-order valence-electron chi connectivity index (χ4n) is 0.815. The minimum absolute atomic E-state index is 0.551. The van der Waals surface area contributed by atoms with E-state index in [0.29, 0.717) is 16.9 Å². The summed E-state index contributed by atoms with van der Waals surface area (Å²) in [6.07, 6.45) is 3.01. The van der Waals surface area contributed by atoms with Crippen LogP contribution in [0.3, 0.4) is 0 Å². The van der Waals surface area contributed by atoms with Crippen LogP contribution < -0.4 is 0 Å². The zero-order valence-electron chi connectivity index (χ0n) is 7.63. The van der Waals surface area contributed by atoms with E-state index >= 15 is 0 Å². The highest BCUT2D eigenvalue weighted by Gasteiger charge is 2.09. The van der Waals surface area contributed by atoms with Crippen LogP contribution >= 0.6 is 11.8 Å². The Morgan fingerprint density at radius 1 is 1.36 bits per heavy atom. The fourth-order valence-corrected chi connectivity index (χ4v) is 2.03. The average molecular weight is 171 g/mol. The third-order valence-corrected chi connectivity index (χ3v) is 3.46. The molecule has 0 saturated carbocycles. The molecule has 0 spiro atoms. The molecular formula is C9H17NS. The number of rotatable bonds is 5. The van der Waals surface area contributed by atoms with Gasteiger partial charge in [0.2, 0.25) is 0 Å². The van der Waals surface area contributed by atoms with Crippen molar-refractivity contribution in [2.45, 2.75) is 50.5 Å². The Bertz CT molecular complexity index is 128. The third-order valence-electron chi connectivity index (χ3n) is 1.77. The minimum atomic E-state index is 0.551. The van der Waals surface area contributed by atoms with Gasteiger partial charge < -0.3 is 0 Å². The van der Waals surface area contributed by atoms with E-state index in [4.69, 9.17) is 5.26 Å². The van der Waals surface area contributed by atoms with Crippen LogP contribution in [-0.4, -0.2) is 10.5 Å². The first kappa shape index (κ1) is 10.8. The van der Waals surface area contributed by atoms with Gasteiger partial charge in [0, 0.05) is 16.9 Å². The highest BCUT2D eigenvalue weighted by molar-refractivity contribution is 8.00. The van der Waals surface area contributed by atoms with Crippen LogP contribution in [0.4, 0.5) is 0 Å². The summed E-state index contributed by atoms with van der Waals surface area (Å²) >= 11 is 1.95. The van der Waals surface area contributed by atoms with Crippen LogP contribution in [-0.2, 0) is 0 Å². The van der Waals surface area contributed by atoms with E-state index in [0.717, 1.165) is 6.42 Å². The van der Waals surface area contributed by atoms with Gasteiger partial charge in [-0.3, -0.25) is 0 Å². The second-order valence-corrected chi connectivity index (χ2v) is 4.49. The van der Waals surface area contributed by atoms with Gasteiger partial charge in [-0.25, -0.2) is 0 Å². The predicted molar refractivity (Wildman–Crippen MR) is 51.7 cm³/mol. The lowest BCUT2D eigenvalue weighted by atomic mass is 10.3. The Morgan fingerprint density at radius 3 is 2.36 bits per heavy atom. The number of thioether (sulfide) groups is 1. The molecule has 0 N–H and O–H groups in total. The van der Waals surface area contributed by atoms with Crippen molar-refractivity contribution in [2.75, 3.05) is 0 Å². The Balaban J connectivity index is 3.60. The van der Waals surface area contributed by atoms with Gasteiger partial charge in [-0.1, -0.05) is 20.8 Å². The Labute approximate surface area is 74.2 Å². The monoisotopic (exact) mass is 171 g/mol. The summed E-state index contributed by atoms with van der Waals surface area (Å²) in [4.78, 5) is 0. The van der Waals surface area contributed by atoms with Crippen LogP contribution in [0.25, 0.3) is 0 Å². The van der Waals surface area contributed by atoms with Gasteiger partial charge in [-0.15, -0.1) is 0 Å². The average Bonchev–Trinajstić information content (AvgIpc) is 2.03. The van der Waals surface area contributed by atoms with Crippen molar-refractivity contribution < 1.29 is 0 Å². The number of nitrogens with zero attached hydrogens (tertiary/aromatic N) is 1. The molecule has 64 valence electrons. The quantitative estimate of drug-likeness (QED) is 0.634. The lowest BCUT2D eigenvalue weighted by Crippen LogP contribution is -2.05. The van der Waals surface area contributed by atoms with E-state index < -0.39 is 0 Å². The van der Waals surface area contributed by atoms with Crippen LogP contribution in [0.1, 0.15) is 40.0 Å². The summed E-state index contributed by atoms with van der Waals surface area (Å²) in [7, 11) is 0. The maximum absolute atomic E-state index is 8.49. The number of hydrogen-bond acceptors (Lipinski definition) is 2. The maximum atomic E-state index is 8.49. The van der Waals surface area contributed by atoms with Crippen molar-refractivity contribution in [1.29, 1.82) is 5.26 Å². The Hall–Kier alpha value is -0.160. The predicted octanol–water partition coefficient (Wildman–Crippen LogP) is 3.21. The second-order valence-electron chi connectivity index (χ2n) is 2.75. The van der Waals surface area contributed by atoms with Crippen LogP contribution in [0.5, 0.6) is 0 Å². The molecule has 0 radical (unpaired) electrons. The SMILES string of the molecule is CCC(C)SC(CC)CC#N. The van der Waals surface area contributed by atoms with Crippen LogP contribution in [0, 0.1) is 11.3 Å². The van der Waals surface area contributed by atoms with Crippen molar-refractivity contribution in [1.82, 2.24) is 0 Å². The molecule has 2 unspecified atom stereocenters. The van der Waals surface area contributed by atoms with Crippen molar-refractivity contribution >= 4 is 11.8 Å². The molecule has 0 aliphatic heterocycles. The van der Waals surface area contributed by atoms with Gasteiger partial charge >= 0.3 is 0 Å². The first-order chi connectivity index (χ1) is 5.24. The summed E-state index contributed by atoms with van der Waals surface area (Å²) in [5, 5.41) is 9.74. The van der Waals surface area contributed by atoms with E-state index in [1.54, 1.807) is 0 Å². The Morgan fingerprint density at radius 2 is 2.00 bits per heavy atom. The smallest absolute Gasteiger partial charge is 0.0633 e. The molecule has 0 saturated heterocycles. The highest BCUT2D eigenvalue weighted by Crippen LogP contribution is 2.24. The standard InChI is InChI=1S/C9H17NS/c1-4-8(3)11-9(5-2)6-7-10/h8-9H,4-6H2,1-3H3. The summed E-state index contributed by atoms with van der Waals surface area (Å²) in [6, 6.07) is 2.23. The van der Waals surface area contributed by atoms with Gasteiger partial charge in [-0.2, -0.15) is 17.0 Å². The normalized spacial score (nSPS) is 15.5. The molecule has 1 nitrogen and oxygen atoms in total. The summed E-state index contributed by atoms with van der Waals surface area (Å²) in [5.74, 6) is 0. The first-order valence-corrected chi connectivity index (χ1v) is 5.21. The molecule has 0 aromatic heterocycles. The molecule has 0 aromatic carbocycles. The van der Waals surface area contributed by atoms with Crippen molar-refractivity contribution in [3.8, 4) is 6.07 Å². The molecule has 0 aromatic rings. The van der Waals surface area contributed by atoms with E-state index in [-0.39, 0.29) is 0 Å². The van der Waals surface area contributed by atoms with Crippen LogP contribution in [0.15, 0.2) is 0 Å². The molecule has 0 aliphatic carbocycles. The van der Waals surface area contributed by atoms with Gasteiger partial charge in [0.15, 0.2) is 0 Å². The Kier molecular flexibility index (Phi) is 6.45. The molecule has 2 atom stereocenters. The molecule has 11 heavy (non-hydrogen) atoms. The van der Waals surface area contributed by atoms with E-state index in [1.807, 2.05) is 11.8 Å². The number of nitriles is 1. The van der Waals surface area contributed by atoms with Gasteiger partial charge in [0.1, 0.15) is 0 Å². The second kappa shape index (κ2) is 6.54. The van der Waals surface area contributed by atoms with E-state index in [2.05, 4.69) is 26.8 Å². The van der Waals surface area contributed by atoms with Crippen molar-refractivity contribution in [3.05, 3.63) is 0 Å². The van der Waals surface area contributed by atoms with Gasteiger partial charge in [-0.05, 0) is 12.8 Å². The molecule has 0 aliphatic rings. The topological polar surface area (TPSA) is 23.8 Å². The van der Waals surface area contributed by atoms with Crippen molar-refractivity contribution in [3.63, 3.8) is 0 Å². The third kappa shape index (κ3) is 5.15. The van der Waals surface area contributed by atoms with E-state index in [9.17, 15) is 0 Å². The van der Waals surface area contributed by atoms with Gasteiger partial charge in [0.25, 0.3) is 0 Å². The molecule has 0 fully saturated rings. The zero-order chi connectivity index (χ0) is 8.69. The van der Waals surface area contributed by atoms with Gasteiger partial charge in [0.05, 0.1) is 6.07 Å². The molecular weight excluding hydrogens is 154 g/mol. The summed E-state index contributed by atoms with van der Waals surface area (Å²) in [6.45, 7) is 6.57. The number of hydrogen-bond donors (Lipinski definition) is 0.